The summed E-state index contributed by atoms with van der Waals surface area (Å²) in [6, 6.07) is 28.4. The van der Waals surface area contributed by atoms with Gasteiger partial charge in [0.1, 0.15) is 10.6 Å². The molecule has 4 aromatic carbocycles. The van der Waals surface area contributed by atoms with Crippen LogP contribution in [0.2, 0.25) is 0 Å². The number of rotatable bonds is 7. The van der Waals surface area contributed by atoms with Gasteiger partial charge in [-0.25, -0.2) is 8.78 Å². The Balaban J connectivity index is 1.70. The molecule has 4 aromatic rings. The van der Waals surface area contributed by atoms with Gasteiger partial charge in [0.25, 0.3) is 0 Å². The summed E-state index contributed by atoms with van der Waals surface area (Å²) in [4.78, 5) is 0. The van der Waals surface area contributed by atoms with E-state index in [1.807, 2.05) is 36.4 Å². The van der Waals surface area contributed by atoms with Crippen LogP contribution < -0.4 is 10.6 Å². The van der Waals surface area contributed by atoms with Crippen LogP contribution in [0.4, 0.5) is 17.6 Å². The molecule has 6 rings (SSSR count). The Morgan fingerprint density at radius 1 is 0.595 bits per heavy atom. The number of halogens is 4. The van der Waals surface area contributed by atoms with E-state index in [9.17, 15) is 0 Å². The van der Waals surface area contributed by atoms with E-state index in [0.29, 0.717) is 0 Å². The van der Waals surface area contributed by atoms with Crippen molar-refractivity contribution in [1.82, 2.24) is 4.44 Å². The van der Waals surface area contributed by atoms with Gasteiger partial charge in [0.2, 0.25) is 0 Å². The maximum absolute atomic E-state index is 16.1. The minimum atomic E-state index is -3.55. The highest BCUT2D eigenvalue weighted by Crippen LogP contribution is 2.92. The number of hydrogen-bond acceptors (Lipinski definition) is 1. The van der Waals surface area contributed by atoms with Crippen molar-refractivity contribution in [3.63, 3.8) is 0 Å². The molecular formula is C35H35F4NP2. The van der Waals surface area contributed by atoms with Crippen molar-refractivity contribution in [2.24, 2.45) is 0 Å². The fraction of sp³-hybridized carbons (Fsp3) is 0.257. The van der Waals surface area contributed by atoms with Crippen LogP contribution in [0.3, 0.4) is 0 Å². The SMILES string of the molecule is [CH2-][P+](c1cccc(F)c1F)(c1cccc(F)c1F)N(C1CCCC1)[P+]1([CH2-])[C@H](c2ccccc2)CC[C@H]1c1ccccc1. The Labute approximate surface area is 247 Å². The van der Waals surface area contributed by atoms with E-state index in [1.54, 1.807) is 0 Å². The second-order valence-electron chi connectivity index (χ2n) is 11.5. The molecule has 218 valence electrons. The molecule has 0 radical (unpaired) electrons. The number of hydrogen-bond donors (Lipinski definition) is 0. The summed E-state index contributed by atoms with van der Waals surface area (Å²) >= 11 is 0. The standard InChI is InChI=1S/C35H35F4NP2/c1-41(30(25-13-5-3-6-14-25)23-24-31(41)26-15-7-4-8-16-26)40(27-17-9-10-18-27)42(2,32-21-11-19-28(36)34(32)38)33-22-12-20-29(37)35(33)39/h3-8,11-16,19-22,27,30-31H,1-2,9-10,17-18,23-24H2/t30-,31-/m0/s1. The zero-order valence-electron chi connectivity index (χ0n) is 23.5. The minimum Gasteiger partial charge on any atom is -0.204 e. The highest BCUT2D eigenvalue weighted by Gasteiger charge is 2.64. The van der Waals surface area contributed by atoms with Crippen molar-refractivity contribution < 1.29 is 17.6 Å². The summed E-state index contributed by atoms with van der Waals surface area (Å²) in [7, 11) is -6.23. The fourth-order valence-corrected chi connectivity index (χ4v) is 18.4. The molecule has 0 spiro atoms. The van der Waals surface area contributed by atoms with E-state index in [-0.39, 0.29) is 28.0 Å². The Morgan fingerprint density at radius 2 is 1.02 bits per heavy atom. The van der Waals surface area contributed by atoms with Crippen LogP contribution in [-0.4, -0.2) is 10.5 Å². The second-order valence-corrected chi connectivity index (χ2v) is 18.2. The van der Waals surface area contributed by atoms with Crippen molar-refractivity contribution in [2.75, 3.05) is 0 Å². The summed E-state index contributed by atoms with van der Waals surface area (Å²) < 4.78 is 64.5. The molecule has 1 aliphatic heterocycles. The van der Waals surface area contributed by atoms with Gasteiger partial charge < -0.3 is 0 Å². The minimum absolute atomic E-state index is 0.00104. The van der Waals surface area contributed by atoms with Crippen LogP contribution in [0, 0.1) is 36.6 Å². The second kappa shape index (κ2) is 11.8. The Bertz CT molecular complexity index is 1440. The number of nitrogens with zero attached hydrogens (tertiary/aromatic N) is 1. The summed E-state index contributed by atoms with van der Waals surface area (Å²) in [5.74, 6) is -4.15. The Kier molecular flexibility index (Phi) is 8.31. The lowest BCUT2D eigenvalue weighted by Crippen LogP contribution is -2.43. The monoisotopic (exact) mass is 607 g/mol. The van der Waals surface area contributed by atoms with Gasteiger partial charge in [-0.05, 0) is 61.1 Å². The van der Waals surface area contributed by atoms with Gasteiger partial charge in [0.05, 0.1) is 24.8 Å². The van der Waals surface area contributed by atoms with Crippen molar-refractivity contribution >= 4 is 25.4 Å². The quantitative estimate of drug-likeness (QED) is 0.115. The normalized spacial score (nSPS) is 20.8. The molecule has 2 fully saturated rings. The molecule has 7 heteroatoms. The zero-order valence-corrected chi connectivity index (χ0v) is 25.3. The molecule has 1 nitrogen and oxygen atoms in total. The average molecular weight is 608 g/mol. The fourth-order valence-electron chi connectivity index (χ4n) is 7.37. The first-order valence-corrected chi connectivity index (χ1v) is 18.5. The van der Waals surface area contributed by atoms with Gasteiger partial charge in [-0.1, -0.05) is 85.6 Å². The van der Waals surface area contributed by atoms with Gasteiger partial charge in [0.15, 0.2) is 23.3 Å². The van der Waals surface area contributed by atoms with Crippen LogP contribution in [-0.2, 0) is 0 Å². The summed E-state index contributed by atoms with van der Waals surface area (Å²) in [6.45, 7) is 9.86. The van der Waals surface area contributed by atoms with E-state index in [4.69, 9.17) is 13.3 Å². The van der Waals surface area contributed by atoms with Crippen LogP contribution >= 0.6 is 14.8 Å². The zero-order chi connectivity index (χ0) is 29.5. The molecule has 0 N–H and O–H groups in total. The van der Waals surface area contributed by atoms with E-state index in [0.717, 1.165) is 61.8 Å². The lowest BCUT2D eigenvalue weighted by atomic mass is 10.0. The molecule has 1 aliphatic carbocycles. The lowest BCUT2D eigenvalue weighted by Gasteiger charge is -2.53. The predicted molar refractivity (Wildman–Crippen MR) is 168 cm³/mol. The van der Waals surface area contributed by atoms with E-state index in [1.165, 1.54) is 24.3 Å². The lowest BCUT2D eigenvalue weighted by molar-refractivity contribution is 0.483. The molecule has 1 heterocycles. The van der Waals surface area contributed by atoms with Crippen LogP contribution in [0.1, 0.15) is 61.0 Å². The smallest absolute Gasteiger partial charge is 0.200 e. The van der Waals surface area contributed by atoms with E-state index >= 15 is 17.6 Å². The topological polar surface area (TPSA) is 3.24 Å². The average Bonchev–Trinajstić information content (AvgIpc) is 3.65. The van der Waals surface area contributed by atoms with Gasteiger partial charge in [-0.3, -0.25) is 0 Å². The Hall–Kier alpha value is -2.58. The van der Waals surface area contributed by atoms with Gasteiger partial charge >= 0.3 is 0 Å². The van der Waals surface area contributed by atoms with Crippen LogP contribution in [0.15, 0.2) is 97.1 Å². The molecule has 2 atom stereocenters. The molecule has 42 heavy (non-hydrogen) atoms. The molecule has 0 bridgehead atoms. The van der Waals surface area contributed by atoms with E-state index in [2.05, 4.69) is 28.7 Å². The molecule has 1 saturated heterocycles. The third-order valence-corrected chi connectivity index (χ3v) is 18.8. The van der Waals surface area contributed by atoms with Crippen LogP contribution in [0.5, 0.6) is 0 Å². The largest absolute Gasteiger partial charge is 0.204 e. The molecule has 0 aromatic heterocycles. The maximum atomic E-state index is 16.1. The van der Waals surface area contributed by atoms with Gasteiger partial charge in [0, 0.05) is 7.41 Å². The molecule has 0 amide bonds. The van der Waals surface area contributed by atoms with Crippen molar-refractivity contribution in [1.29, 1.82) is 0 Å². The molecular weight excluding hydrogens is 572 g/mol. The van der Waals surface area contributed by atoms with Crippen molar-refractivity contribution in [2.45, 2.75) is 55.9 Å². The van der Waals surface area contributed by atoms with Gasteiger partial charge in [-0.15, -0.1) is 11.1 Å². The first kappa shape index (κ1) is 29.5. The summed E-state index contributed by atoms with van der Waals surface area (Å²) in [5.41, 5.74) is 2.26. The number of benzene rings is 4. The third-order valence-electron chi connectivity index (χ3n) is 9.20. The third kappa shape index (κ3) is 4.83. The van der Waals surface area contributed by atoms with Gasteiger partial charge in [-0.2, -0.15) is 15.4 Å². The van der Waals surface area contributed by atoms with Crippen LogP contribution in [0.25, 0.3) is 0 Å². The highest BCUT2D eigenvalue weighted by molar-refractivity contribution is 7.97. The molecule has 0 unspecified atom stereocenters. The van der Waals surface area contributed by atoms with E-state index < -0.39 is 38.1 Å². The summed E-state index contributed by atoms with van der Waals surface area (Å²) in [6.07, 6.45) is 5.24. The molecule has 2 aliphatic rings. The maximum Gasteiger partial charge on any atom is 0.200 e. The Morgan fingerprint density at radius 3 is 1.45 bits per heavy atom. The first-order chi connectivity index (χ1) is 20.3. The van der Waals surface area contributed by atoms with Crippen molar-refractivity contribution in [3.05, 3.63) is 145 Å². The molecule has 1 saturated carbocycles. The predicted octanol–water partition coefficient (Wildman–Crippen LogP) is 10.2. The first-order valence-electron chi connectivity index (χ1n) is 14.5. The highest BCUT2D eigenvalue weighted by atomic mass is 31.2. The summed E-state index contributed by atoms with van der Waals surface area (Å²) in [5, 5.41) is 0.0138. The van der Waals surface area contributed by atoms with Crippen molar-refractivity contribution in [3.8, 4) is 0 Å².